The molecular formula is C9H24O4Si2. The van der Waals surface area contributed by atoms with Crippen LogP contribution in [0.4, 0.5) is 0 Å². The van der Waals surface area contributed by atoms with Crippen LogP contribution in [-0.2, 0) is 17.4 Å². The zero-order chi connectivity index (χ0) is 11.9. The van der Waals surface area contributed by atoms with E-state index in [4.69, 9.17) is 17.4 Å². The standard InChI is InChI=1S/C9H24O4Si2/c1-7-14(8-2,10-4)13-15(9-3,11-5)12-6/h7-9H2,1-6H3. The van der Waals surface area contributed by atoms with Gasteiger partial charge in [0.05, 0.1) is 0 Å². The molecule has 0 aromatic rings. The lowest BCUT2D eigenvalue weighted by Crippen LogP contribution is -2.55. The van der Waals surface area contributed by atoms with Crippen molar-refractivity contribution in [2.24, 2.45) is 0 Å². The van der Waals surface area contributed by atoms with Gasteiger partial charge >= 0.3 is 17.4 Å². The van der Waals surface area contributed by atoms with Crippen LogP contribution < -0.4 is 0 Å². The third kappa shape index (κ3) is 3.65. The van der Waals surface area contributed by atoms with E-state index in [1.807, 2.05) is 6.92 Å². The second-order valence-electron chi connectivity index (χ2n) is 3.37. The Hall–Kier alpha value is 0.274. The minimum Gasteiger partial charge on any atom is -0.398 e. The highest BCUT2D eigenvalue weighted by atomic mass is 28.5. The second-order valence-corrected chi connectivity index (χ2v) is 10.7. The van der Waals surface area contributed by atoms with Gasteiger partial charge in [0.2, 0.25) is 0 Å². The van der Waals surface area contributed by atoms with Gasteiger partial charge in [-0.15, -0.1) is 0 Å². The molecule has 6 heteroatoms. The molecule has 0 aliphatic carbocycles. The van der Waals surface area contributed by atoms with E-state index in [0.29, 0.717) is 0 Å². The van der Waals surface area contributed by atoms with Gasteiger partial charge in [-0.2, -0.15) is 0 Å². The molecule has 0 bridgehead atoms. The Bertz CT molecular complexity index is 135. The summed E-state index contributed by atoms with van der Waals surface area (Å²) in [5.41, 5.74) is 0. The molecule has 0 aromatic heterocycles. The molecule has 0 unspecified atom stereocenters. The van der Waals surface area contributed by atoms with Crippen LogP contribution in [0.15, 0.2) is 0 Å². The summed E-state index contributed by atoms with van der Waals surface area (Å²) in [6, 6.07) is 2.61. The monoisotopic (exact) mass is 252 g/mol. The van der Waals surface area contributed by atoms with Crippen LogP contribution in [0, 0.1) is 0 Å². The van der Waals surface area contributed by atoms with Gasteiger partial charge in [0.1, 0.15) is 0 Å². The lowest BCUT2D eigenvalue weighted by Gasteiger charge is -2.36. The normalized spacial score (nSPS) is 13.2. The van der Waals surface area contributed by atoms with Gasteiger partial charge in [0, 0.05) is 27.4 Å². The summed E-state index contributed by atoms with van der Waals surface area (Å²) in [5.74, 6) is 0. The van der Waals surface area contributed by atoms with Crippen LogP contribution in [0.5, 0.6) is 0 Å². The van der Waals surface area contributed by atoms with Crippen LogP contribution >= 0.6 is 0 Å². The van der Waals surface area contributed by atoms with Crippen molar-refractivity contribution in [3.05, 3.63) is 0 Å². The van der Waals surface area contributed by atoms with E-state index in [9.17, 15) is 0 Å². The minimum atomic E-state index is -2.48. The predicted molar refractivity (Wildman–Crippen MR) is 65.1 cm³/mol. The van der Waals surface area contributed by atoms with Crippen molar-refractivity contribution >= 4 is 17.4 Å². The Balaban J connectivity index is 4.74. The van der Waals surface area contributed by atoms with E-state index < -0.39 is 17.4 Å². The summed E-state index contributed by atoms with van der Waals surface area (Å²) in [4.78, 5) is 0. The van der Waals surface area contributed by atoms with E-state index in [2.05, 4.69) is 13.8 Å². The van der Waals surface area contributed by atoms with E-state index in [-0.39, 0.29) is 0 Å². The van der Waals surface area contributed by atoms with Gasteiger partial charge in [-0.3, -0.25) is 0 Å². The van der Waals surface area contributed by atoms with Gasteiger partial charge < -0.3 is 17.4 Å². The summed E-state index contributed by atoms with van der Waals surface area (Å²) >= 11 is 0. The average molecular weight is 252 g/mol. The molecule has 92 valence electrons. The molecule has 15 heavy (non-hydrogen) atoms. The van der Waals surface area contributed by atoms with Gasteiger partial charge in [0.15, 0.2) is 0 Å². The van der Waals surface area contributed by atoms with Crippen molar-refractivity contribution < 1.29 is 17.4 Å². The second kappa shape index (κ2) is 6.77. The molecule has 0 aliphatic rings. The Labute approximate surface area is 95.5 Å². The SMILES string of the molecule is CC[Si](CC)(OC)O[Si](CC)(OC)OC. The van der Waals surface area contributed by atoms with Crippen molar-refractivity contribution in [3.63, 3.8) is 0 Å². The topological polar surface area (TPSA) is 36.9 Å². The highest BCUT2D eigenvalue weighted by Crippen LogP contribution is 2.25. The molecule has 0 N–H and O–H groups in total. The molecule has 0 aliphatic heterocycles. The minimum absolute atomic E-state index is 0.776. The first kappa shape index (κ1) is 15.3. The van der Waals surface area contributed by atoms with Crippen LogP contribution in [0.25, 0.3) is 0 Å². The van der Waals surface area contributed by atoms with Crippen LogP contribution in [0.1, 0.15) is 20.8 Å². The molecule has 0 heterocycles. The number of hydrogen-bond donors (Lipinski definition) is 0. The predicted octanol–water partition coefficient (Wildman–Crippen LogP) is 2.38. The fourth-order valence-electron chi connectivity index (χ4n) is 1.54. The summed E-state index contributed by atoms with van der Waals surface area (Å²) in [6.45, 7) is 6.22. The van der Waals surface area contributed by atoms with E-state index in [0.717, 1.165) is 18.1 Å². The van der Waals surface area contributed by atoms with Gasteiger partial charge in [-0.05, 0) is 12.1 Å². The maximum absolute atomic E-state index is 6.13. The molecule has 4 nitrogen and oxygen atoms in total. The van der Waals surface area contributed by atoms with Crippen molar-refractivity contribution in [2.75, 3.05) is 21.3 Å². The molecule has 0 saturated carbocycles. The molecule has 0 radical (unpaired) electrons. The molecule has 0 saturated heterocycles. The third-order valence-electron chi connectivity index (χ3n) is 2.85. The molecule has 0 atom stereocenters. The molecule has 0 aromatic carbocycles. The Morgan fingerprint density at radius 3 is 1.40 bits per heavy atom. The maximum Gasteiger partial charge on any atom is 0.491 e. The van der Waals surface area contributed by atoms with Crippen LogP contribution in [0.3, 0.4) is 0 Å². The summed E-state index contributed by atoms with van der Waals surface area (Å²) in [7, 11) is 0.443. The fraction of sp³-hybridized carbons (Fsp3) is 1.00. The van der Waals surface area contributed by atoms with Crippen molar-refractivity contribution in [1.29, 1.82) is 0 Å². The Morgan fingerprint density at radius 2 is 1.20 bits per heavy atom. The molecule has 0 amide bonds. The lowest BCUT2D eigenvalue weighted by molar-refractivity contribution is 0.135. The van der Waals surface area contributed by atoms with E-state index >= 15 is 0 Å². The van der Waals surface area contributed by atoms with Crippen molar-refractivity contribution in [3.8, 4) is 0 Å². The maximum atomic E-state index is 6.13. The van der Waals surface area contributed by atoms with E-state index in [1.165, 1.54) is 0 Å². The van der Waals surface area contributed by atoms with Crippen LogP contribution in [-0.4, -0.2) is 38.7 Å². The first-order valence-corrected chi connectivity index (χ1v) is 9.59. The van der Waals surface area contributed by atoms with Crippen molar-refractivity contribution in [1.82, 2.24) is 0 Å². The van der Waals surface area contributed by atoms with Gasteiger partial charge in [-0.1, -0.05) is 20.8 Å². The summed E-state index contributed by atoms with van der Waals surface area (Å²) in [6.07, 6.45) is 0. The number of rotatable bonds is 8. The molecule has 0 rings (SSSR count). The van der Waals surface area contributed by atoms with Crippen LogP contribution in [0.2, 0.25) is 18.1 Å². The zero-order valence-corrected chi connectivity index (χ0v) is 12.8. The zero-order valence-electron chi connectivity index (χ0n) is 10.8. The molecule has 0 fully saturated rings. The van der Waals surface area contributed by atoms with E-state index in [1.54, 1.807) is 21.3 Å². The summed E-state index contributed by atoms with van der Waals surface area (Å²) < 4.78 is 22.6. The van der Waals surface area contributed by atoms with Crippen molar-refractivity contribution in [2.45, 2.75) is 38.9 Å². The largest absolute Gasteiger partial charge is 0.491 e. The Morgan fingerprint density at radius 1 is 0.733 bits per heavy atom. The first-order chi connectivity index (χ1) is 7.07. The quantitative estimate of drug-likeness (QED) is 0.622. The third-order valence-corrected chi connectivity index (χ3v) is 10.6. The number of hydrogen-bond acceptors (Lipinski definition) is 4. The first-order valence-electron chi connectivity index (χ1n) is 5.43. The summed E-state index contributed by atoms with van der Waals surface area (Å²) in [5, 5.41) is 0. The average Bonchev–Trinajstić information content (AvgIpc) is 2.33. The Kier molecular flexibility index (Phi) is 6.89. The van der Waals surface area contributed by atoms with Gasteiger partial charge in [-0.25, -0.2) is 0 Å². The highest BCUT2D eigenvalue weighted by molar-refractivity contribution is 6.78. The lowest BCUT2D eigenvalue weighted by atomic mass is 10.9. The van der Waals surface area contributed by atoms with Gasteiger partial charge in [0.25, 0.3) is 0 Å². The molecule has 0 spiro atoms. The fourth-order valence-corrected chi connectivity index (χ4v) is 8.36. The highest BCUT2D eigenvalue weighted by Gasteiger charge is 2.47. The molecular weight excluding hydrogens is 228 g/mol. The smallest absolute Gasteiger partial charge is 0.398 e.